The molecule has 0 atom stereocenters. The maximum absolute atomic E-state index is 11.8. The van der Waals surface area contributed by atoms with Gasteiger partial charge in [-0.3, -0.25) is 9.69 Å². The lowest BCUT2D eigenvalue weighted by Crippen LogP contribution is -2.42. The van der Waals surface area contributed by atoms with Crippen LogP contribution in [-0.2, 0) is 4.79 Å². The van der Waals surface area contributed by atoms with E-state index in [1.807, 2.05) is 0 Å². The topological polar surface area (TPSA) is 64.6 Å². The van der Waals surface area contributed by atoms with E-state index in [4.69, 9.17) is 5.11 Å². The summed E-state index contributed by atoms with van der Waals surface area (Å²) < 4.78 is 0. The number of carbonyl (C=O) groups is 1. The summed E-state index contributed by atoms with van der Waals surface area (Å²) in [6.45, 7) is 9.31. The highest BCUT2D eigenvalue weighted by atomic mass is 16.3. The Morgan fingerprint density at radius 1 is 1.39 bits per heavy atom. The molecule has 1 fully saturated rings. The predicted octanol–water partition coefficient (Wildman–Crippen LogP) is -0.193. The summed E-state index contributed by atoms with van der Waals surface area (Å²) in [7, 11) is 0. The minimum absolute atomic E-state index is 0.0370. The van der Waals surface area contributed by atoms with Gasteiger partial charge >= 0.3 is 0 Å². The summed E-state index contributed by atoms with van der Waals surface area (Å²) in [5.74, 6) is 0.0860. The second-order valence-electron chi connectivity index (χ2n) is 5.79. The summed E-state index contributed by atoms with van der Waals surface area (Å²) in [5.41, 5.74) is -0.0370. The fraction of sp³-hybridized carbons (Fsp3) is 0.923. The number of nitrogens with zero attached hydrogens (tertiary/aromatic N) is 1. The average molecular weight is 257 g/mol. The molecule has 1 heterocycles. The van der Waals surface area contributed by atoms with Gasteiger partial charge in [-0.25, -0.2) is 0 Å². The quantitative estimate of drug-likeness (QED) is 0.617. The molecular weight excluding hydrogens is 230 g/mol. The summed E-state index contributed by atoms with van der Waals surface area (Å²) >= 11 is 0. The first-order valence-corrected chi connectivity index (χ1v) is 6.84. The molecule has 0 bridgehead atoms. The first kappa shape index (κ1) is 15.4. The van der Waals surface area contributed by atoms with Crippen molar-refractivity contribution in [2.75, 3.05) is 45.9 Å². The molecule has 0 aliphatic carbocycles. The van der Waals surface area contributed by atoms with Crippen molar-refractivity contribution in [2.24, 2.45) is 5.41 Å². The number of nitrogens with one attached hydrogen (secondary N) is 2. The van der Waals surface area contributed by atoms with Crippen molar-refractivity contribution in [1.82, 2.24) is 15.5 Å². The number of hydrogen-bond donors (Lipinski definition) is 3. The standard InChI is InChI=1S/C13H27N3O2/c1-13(2,4-9-17)11-15-12(18)10-16-7-3-5-14-6-8-16/h14,17H,3-11H2,1-2H3,(H,15,18). The van der Waals surface area contributed by atoms with Gasteiger partial charge in [0.05, 0.1) is 6.54 Å². The molecule has 0 aromatic heterocycles. The van der Waals surface area contributed by atoms with Crippen LogP contribution in [0.15, 0.2) is 0 Å². The van der Waals surface area contributed by atoms with E-state index in [0.29, 0.717) is 19.5 Å². The highest BCUT2D eigenvalue weighted by Gasteiger charge is 2.19. The highest BCUT2D eigenvalue weighted by molar-refractivity contribution is 5.78. The Morgan fingerprint density at radius 3 is 2.89 bits per heavy atom. The Hall–Kier alpha value is -0.650. The van der Waals surface area contributed by atoms with E-state index < -0.39 is 0 Å². The van der Waals surface area contributed by atoms with Crippen LogP contribution in [0.3, 0.4) is 0 Å². The van der Waals surface area contributed by atoms with Crippen molar-refractivity contribution in [2.45, 2.75) is 26.7 Å². The Morgan fingerprint density at radius 2 is 2.17 bits per heavy atom. The maximum Gasteiger partial charge on any atom is 0.234 e. The summed E-state index contributed by atoms with van der Waals surface area (Å²) in [6.07, 6.45) is 1.81. The maximum atomic E-state index is 11.8. The number of carbonyl (C=O) groups excluding carboxylic acids is 1. The fourth-order valence-electron chi connectivity index (χ4n) is 2.05. The van der Waals surface area contributed by atoms with Crippen LogP contribution in [0.2, 0.25) is 0 Å². The Labute approximate surface area is 110 Å². The highest BCUT2D eigenvalue weighted by Crippen LogP contribution is 2.17. The van der Waals surface area contributed by atoms with Gasteiger partial charge in [0, 0.05) is 26.2 Å². The molecule has 5 nitrogen and oxygen atoms in total. The van der Waals surface area contributed by atoms with Gasteiger partial charge in [0.2, 0.25) is 5.91 Å². The van der Waals surface area contributed by atoms with Crippen molar-refractivity contribution < 1.29 is 9.90 Å². The third-order valence-corrected chi connectivity index (χ3v) is 3.35. The van der Waals surface area contributed by atoms with E-state index in [9.17, 15) is 4.79 Å². The number of hydrogen-bond acceptors (Lipinski definition) is 4. The second kappa shape index (κ2) is 7.71. The summed E-state index contributed by atoms with van der Waals surface area (Å²) in [5, 5.41) is 15.2. The Bertz CT molecular complexity index is 249. The molecule has 0 saturated carbocycles. The predicted molar refractivity (Wildman–Crippen MR) is 72.4 cm³/mol. The number of amides is 1. The van der Waals surface area contributed by atoms with E-state index in [-0.39, 0.29) is 17.9 Å². The van der Waals surface area contributed by atoms with Crippen molar-refractivity contribution in [3.63, 3.8) is 0 Å². The minimum atomic E-state index is -0.0370. The van der Waals surface area contributed by atoms with Crippen molar-refractivity contribution >= 4 is 5.91 Å². The number of aliphatic hydroxyl groups is 1. The van der Waals surface area contributed by atoms with E-state index in [0.717, 1.165) is 32.6 Å². The van der Waals surface area contributed by atoms with Gasteiger partial charge in [-0.15, -0.1) is 0 Å². The molecule has 0 aromatic carbocycles. The van der Waals surface area contributed by atoms with Crippen LogP contribution in [0.1, 0.15) is 26.7 Å². The zero-order valence-electron chi connectivity index (χ0n) is 11.7. The first-order valence-electron chi connectivity index (χ1n) is 6.84. The summed E-state index contributed by atoms with van der Waals surface area (Å²) in [4.78, 5) is 14.0. The smallest absolute Gasteiger partial charge is 0.234 e. The molecule has 5 heteroatoms. The van der Waals surface area contributed by atoms with Crippen LogP contribution in [-0.4, -0.2) is 61.8 Å². The lowest BCUT2D eigenvalue weighted by molar-refractivity contribution is -0.122. The largest absolute Gasteiger partial charge is 0.396 e. The normalized spacial score (nSPS) is 18.4. The molecule has 0 unspecified atom stereocenters. The number of rotatable bonds is 6. The molecular formula is C13H27N3O2. The zero-order valence-corrected chi connectivity index (χ0v) is 11.7. The molecule has 1 amide bonds. The third kappa shape index (κ3) is 6.33. The van der Waals surface area contributed by atoms with Gasteiger partial charge in [-0.1, -0.05) is 13.8 Å². The van der Waals surface area contributed by atoms with Gasteiger partial charge < -0.3 is 15.7 Å². The fourth-order valence-corrected chi connectivity index (χ4v) is 2.05. The van der Waals surface area contributed by atoms with Crippen LogP contribution in [0, 0.1) is 5.41 Å². The molecule has 106 valence electrons. The first-order chi connectivity index (χ1) is 8.53. The molecule has 0 aromatic rings. The van der Waals surface area contributed by atoms with E-state index >= 15 is 0 Å². The molecule has 3 N–H and O–H groups in total. The minimum Gasteiger partial charge on any atom is -0.396 e. The van der Waals surface area contributed by atoms with Crippen molar-refractivity contribution in [3.05, 3.63) is 0 Å². The van der Waals surface area contributed by atoms with Crippen molar-refractivity contribution in [3.8, 4) is 0 Å². The van der Waals surface area contributed by atoms with Gasteiger partial charge in [0.1, 0.15) is 0 Å². The van der Waals surface area contributed by atoms with Crippen LogP contribution < -0.4 is 10.6 Å². The molecule has 1 aliphatic heterocycles. The number of aliphatic hydroxyl groups excluding tert-OH is 1. The Kier molecular flexibility index (Phi) is 6.60. The van der Waals surface area contributed by atoms with Gasteiger partial charge in [0.15, 0.2) is 0 Å². The van der Waals surface area contributed by atoms with Gasteiger partial charge in [-0.2, -0.15) is 0 Å². The monoisotopic (exact) mass is 257 g/mol. The molecule has 1 saturated heterocycles. The molecule has 1 aliphatic rings. The Balaban J connectivity index is 2.24. The van der Waals surface area contributed by atoms with Crippen LogP contribution in [0.4, 0.5) is 0 Å². The van der Waals surface area contributed by atoms with Crippen LogP contribution >= 0.6 is 0 Å². The molecule has 1 rings (SSSR count). The van der Waals surface area contributed by atoms with E-state index in [2.05, 4.69) is 29.4 Å². The summed E-state index contributed by atoms with van der Waals surface area (Å²) in [6, 6.07) is 0. The van der Waals surface area contributed by atoms with E-state index in [1.165, 1.54) is 0 Å². The van der Waals surface area contributed by atoms with Gasteiger partial charge in [-0.05, 0) is 31.3 Å². The van der Waals surface area contributed by atoms with Gasteiger partial charge in [0.25, 0.3) is 0 Å². The van der Waals surface area contributed by atoms with E-state index in [1.54, 1.807) is 0 Å². The molecule has 0 radical (unpaired) electrons. The third-order valence-electron chi connectivity index (χ3n) is 3.35. The molecule has 18 heavy (non-hydrogen) atoms. The molecule has 0 spiro atoms. The van der Waals surface area contributed by atoms with Crippen LogP contribution in [0.5, 0.6) is 0 Å². The lowest BCUT2D eigenvalue weighted by Gasteiger charge is -2.25. The zero-order chi connectivity index (χ0) is 13.4. The SMILES string of the molecule is CC(C)(CCO)CNC(=O)CN1CCCNCC1. The van der Waals surface area contributed by atoms with Crippen LogP contribution in [0.25, 0.3) is 0 Å². The lowest BCUT2D eigenvalue weighted by atomic mass is 9.90. The average Bonchev–Trinajstić information content (AvgIpc) is 2.55. The van der Waals surface area contributed by atoms with Crippen molar-refractivity contribution in [1.29, 1.82) is 0 Å². The second-order valence-corrected chi connectivity index (χ2v) is 5.79.